The molecular formula is C14H20F2N4O. The third-order valence-electron chi connectivity index (χ3n) is 3.60. The number of halogens is 2. The van der Waals surface area contributed by atoms with Crippen LogP contribution in [0, 0.1) is 5.92 Å². The molecule has 7 heteroatoms. The van der Waals surface area contributed by atoms with Gasteiger partial charge in [0.25, 0.3) is 0 Å². The van der Waals surface area contributed by atoms with E-state index in [1.165, 1.54) is 17.3 Å². The number of amides is 2. The third kappa shape index (κ3) is 4.27. The van der Waals surface area contributed by atoms with E-state index >= 15 is 0 Å². The Morgan fingerprint density at radius 3 is 3.05 bits per heavy atom. The summed E-state index contributed by atoms with van der Waals surface area (Å²) in [6.07, 6.45) is 9.87. The van der Waals surface area contributed by atoms with Crippen molar-refractivity contribution >= 4 is 6.03 Å². The maximum absolute atomic E-state index is 12.7. The molecule has 0 saturated carbocycles. The Kier molecular flexibility index (Phi) is 5.30. The van der Waals surface area contributed by atoms with Crippen molar-refractivity contribution < 1.29 is 13.6 Å². The summed E-state index contributed by atoms with van der Waals surface area (Å²) in [4.78, 5) is 17.2. The zero-order chi connectivity index (χ0) is 15.2. The van der Waals surface area contributed by atoms with Crippen molar-refractivity contribution in [1.29, 1.82) is 0 Å². The van der Waals surface area contributed by atoms with Gasteiger partial charge in [0.05, 0.1) is 6.54 Å². The number of imidazole rings is 1. The summed E-state index contributed by atoms with van der Waals surface area (Å²) in [6, 6.07) is -0.270. The SMILES string of the molecule is CN(Cc1nccn1C(F)F)C(=O)NCC1CC=CCC1. The maximum atomic E-state index is 12.7. The fraction of sp³-hybridized carbons (Fsp3) is 0.571. The number of urea groups is 1. The summed E-state index contributed by atoms with van der Waals surface area (Å²) in [6.45, 7) is -1.99. The van der Waals surface area contributed by atoms with Crippen LogP contribution in [0.3, 0.4) is 0 Å². The quantitative estimate of drug-likeness (QED) is 0.850. The number of alkyl halides is 2. The molecule has 0 spiro atoms. The van der Waals surface area contributed by atoms with Crippen molar-refractivity contribution in [1.82, 2.24) is 19.8 Å². The molecule has 1 aromatic heterocycles. The van der Waals surface area contributed by atoms with Crippen LogP contribution in [0.4, 0.5) is 13.6 Å². The molecular weight excluding hydrogens is 278 g/mol. The van der Waals surface area contributed by atoms with Crippen molar-refractivity contribution in [3.05, 3.63) is 30.4 Å². The summed E-state index contributed by atoms with van der Waals surface area (Å²) in [5, 5.41) is 2.84. The summed E-state index contributed by atoms with van der Waals surface area (Å²) in [7, 11) is 1.57. The highest BCUT2D eigenvalue weighted by Crippen LogP contribution is 2.17. The molecule has 2 rings (SSSR count). The number of carbonyl (C=O) groups is 1. The van der Waals surface area contributed by atoms with Gasteiger partial charge >= 0.3 is 12.6 Å². The predicted molar refractivity (Wildman–Crippen MR) is 74.8 cm³/mol. The fourth-order valence-corrected chi connectivity index (χ4v) is 2.34. The first-order valence-corrected chi connectivity index (χ1v) is 7.01. The number of carbonyl (C=O) groups excluding carboxylic acids is 1. The predicted octanol–water partition coefficient (Wildman–Crippen LogP) is 2.78. The van der Waals surface area contributed by atoms with Crippen LogP contribution in [0.25, 0.3) is 0 Å². The Balaban J connectivity index is 1.81. The first-order valence-electron chi connectivity index (χ1n) is 7.01. The van der Waals surface area contributed by atoms with Crippen molar-refractivity contribution in [3.8, 4) is 0 Å². The van der Waals surface area contributed by atoms with E-state index in [-0.39, 0.29) is 18.4 Å². The largest absolute Gasteiger partial charge is 0.338 e. The highest BCUT2D eigenvalue weighted by atomic mass is 19.3. The molecule has 1 unspecified atom stereocenters. The van der Waals surface area contributed by atoms with E-state index in [2.05, 4.69) is 22.5 Å². The number of hydrogen-bond donors (Lipinski definition) is 1. The van der Waals surface area contributed by atoms with E-state index in [0.29, 0.717) is 12.5 Å². The lowest BCUT2D eigenvalue weighted by atomic mass is 9.94. The van der Waals surface area contributed by atoms with E-state index in [0.717, 1.165) is 23.8 Å². The van der Waals surface area contributed by atoms with Gasteiger partial charge in [-0.15, -0.1) is 0 Å². The normalized spacial score (nSPS) is 18.0. The minimum Gasteiger partial charge on any atom is -0.338 e. The zero-order valence-electron chi connectivity index (χ0n) is 12.0. The Morgan fingerprint density at radius 2 is 2.38 bits per heavy atom. The lowest BCUT2D eigenvalue weighted by Crippen LogP contribution is -2.39. The van der Waals surface area contributed by atoms with Gasteiger partial charge in [0.1, 0.15) is 5.82 Å². The number of rotatable bonds is 5. The zero-order valence-corrected chi connectivity index (χ0v) is 12.0. The lowest BCUT2D eigenvalue weighted by molar-refractivity contribution is 0.0651. The highest BCUT2D eigenvalue weighted by Gasteiger charge is 2.17. The van der Waals surface area contributed by atoms with Crippen molar-refractivity contribution in [2.75, 3.05) is 13.6 Å². The van der Waals surface area contributed by atoms with Crippen LogP contribution in [0.15, 0.2) is 24.5 Å². The number of hydrogen-bond acceptors (Lipinski definition) is 2. The van der Waals surface area contributed by atoms with Crippen LogP contribution in [0.1, 0.15) is 31.6 Å². The van der Waals surface area contributed by atoms with Crippen LogP contribution in [-0.4, -0.2) is 34.1 Å². The number of allylic oxidation sites excluding steroid dienone is 2. The molecule has 0 bridgehead atoms. The van der Waals surface area contributed by atoms with Crippen LogP contribution >= 0.6 is 0 Å². The molecule has 0 radical (unpaired) electrons. The van der Waals surface area contributed by atoms with Crippen LogP contribution in [0.5, 0.6) is 0 Å². The lowest BCUT2D eigenvalue weighted by Gasteiger charge is -2.22. The molecule has 0 aromatic carbocycles. The van der Waals surface area contributed by atoms with E-state index in [9.17, 15) is 13.6 Å². The highest BCUT2D eigenvalue weighted by molar-refractivity contribution is 5.73. The molecule has 1 aromatic rings. The van der Waals surface area contributed by atoms with E-state index in [1.54, 1.807) is 7.05 Å². The molecule has 21 heavy (non-hydrogen) atoms. The first-order chi connectivity index (χ1) is 10.1. The van der Waals surface area contributed by atoms with Gasteiger partial charge in [-0.1, -0.05) is 12.2 Å². The number of nitrogens with one attached hydrogen (secondary N) is 1. The van der Waals surface area contributed by atoms with Gasteiger partial charge in [-0.3, -0.25) is 4.57 Å². The second kappa shape index (κ2) is 7.19. The van der Waals surface area contributed by atoms with Crippen LogP contribution in [0.2, 0.25) is 0 Å². The minimum absolute atomic E-state index is 0.0493. The molecule has 1 aliphatic rings. The van der Waals surface area contributed by atoms with E-state index < -0.39 is 6.55 Å². The van der Waals surface area contributed by atoms with Crippen LogP contribution in [-0.2, 0) is 6.54 Å². The van der Waals surface area contributed by atoms with Crippen LogP contribution < -0.4 is 5.32 Å². The number of nitrogens with zero attached hydrogens (tertiary/aromatic N) is 3. The average Bonchev–Trinajstić information content (AvgIpc) is 2.94. The Bertz CT molecular complexity index is 501. The molecule has 0 saturated heterocycles. The topological polar surface area (TPSA) is 50.2 Å². The summed E-state index contributed by atoms with van der Waals surface area (Å²) < 4.78 is 26.2. The molecule has 1 aliphatic carbocycles. The summed E-state index contributed by atoms with van der Waals surface area (Å²) >= 11 is 0. The van der Waals surface area contributed by atoms with E-state index in [1.807, 2.05) is 0 Å². The first kappa shape index (κ1) is 15.5. The monoisotopic (exact) mass is 298 g/mol. The van der Waals surface area contributed by atoms with E-state index in [4.69, 9.17) is 0 Å². The van der Waals surface area contributed by atoms with Gasteiger partial charge in [-0.25, -0.2) is 9.78 Å². The maximum Gasteiger partial charge on any atom is 0.319 e. The van der Waals surface area contributed by atoms with Gasteiger partial charge in [-0.05, 0) is 25.2 Å². The van der Waals surface area contributed by atoms with Crippen molar-refractivity contribution in [2.45, 2.75) is 32.4 Å². The molecule has 1 N–H and O–H groups in total. The van der Waals surface area contributed by atoms with Gasteiger partial charge < -0.3 is 10.2 Å². The smallest absolute Gasteiger partial charge is 0.319 e. The molecule has 2 amide bonds. The Hall–Kier alpha value is -1.92. The summed E-state index contributed by atoms with van der Waals surface area (Å²) in [5.74, 6) is 0.624. The second-order valence-electron chi connectivity index (χ2n) is 5.22. The van der Waals surface area contributed by atoms with Crippen molar-refractivity contribution in [3.63, 3.8) is 0 Å². The van der Waals surface area contributed by atoms with Crippen molar-refractivity contribution in [2.24, 2.45) is 5.92 Å². The number of aromatic nitrogens is 2. The third-order valence-corrected chi connectivity index (χ3v) is 3.60. The van der Waals surface area contributed by atoms with Gasteiger partial charge in [-0.2, -0.15) is 8.78 Å². The molecule has 1 atom stereocenters. The minimum atomic E-state index is -2.65. The molecule has 0 aliphatic heterocycles. The fourth-order valence-electron chi connectivity index (χ4n) is 2.34. The molecule has 1 heterocycles. The van der Waals surface area contributed by atoms with Gasteiger partial charge in [0.2, 0.25) is 0 Å². The molecule has 5 nitrogen and oxygen atoms in total. The second-order valence-corrected chi connectivity index (χ2v) is 5.22. The Morgan fingerprint density at radius 1 is 1.57 bits per heavy atom. The van der Waals surface area contributed by atoms with Gasteiger partial charge in [0.15, 0.2) is 0 Å². The standard InChI is InChI=1S/C14H20F2N4O/c1-19(10-12-17-7-8-20(12)13(15)16)14(21)18-9-11-5-3-2-4-6-11/h2-3,7-8,11,13H,4-6,9-10H2,1H3,(H,18,21). The molecule has 0 fully saturated rings. The molecule has 116 valence electrons. The van der Waals surface area contributed by atoms with Gasteiger partial charge in [0, 0.05) is 26.0 Å². The Labute approximate surface area is 122 Å². The average molecular weight is 298 g/mol. The summed E-state index contributed by atoms with van der Waals surface area (Å²) in [5.41, 5.74) is 0.